The van der Waals surface area contributed by atoms with Crippen molar-refractivity contribution < 1.29 is 8.83 Å². The van der Waals surface area contributed by atoms with Gasteiger partial charge in [-0.15, -0.1) is 0 Å². The smallest absolute Gasteiger partial charge is 0.167 e. The van der Waals surface area contributed by atoms with Crippen molar-refractivity contribution in [1.82, 2.24) is 19.5 Å². The third kappa shape index (κ3) is 4.71. The molecule has 6 nitrogen and oxygen atoms in total. The minimum Gasteiger partial charge on any atom is -0.456 e. The molecule has 0 atom stereocenters. The van der Waals surface area contributed by atoms with Gasteiger partial charge in [0.2, 0.25) is 0 Å². The van der Waals surface area contributed by atoms with Crippen molar-refractivity contribution in [2.75, 3.05) is 0 Å². The van der Waals surface area contributed by atoms with Crippen molar-refractivity contribution in [2.45, 2.75) is 0 Å². The van der Waals surface area contributed by atoms with Crippen LogP contribution >= 0.6 is 0 Å². The van der Waals surface area contributed by atoms with Crippen LogP contribution in [-0.4, -0.2) is 19.5 Å². The fourth-order valence-electron chi connectivity index (χ4n) is 9.21. The third-order valence-electron chi connectivity index (χ3n) is 11.8. The van der Waals surface area contributed by atoms with Crippen molar-refractivity contribution in [2.24, 2.45) is 0 Å². The highest BCUT2D eigenvalue weighted by molar-refractivity contribution is 6.18. The maximum atomic E-state index is 6.92. The molecule has 0 radical (unpaired) electrons. The lowest BCUT2D eigenvalue weighted by Crippen LogP contribution is -2.02. The van der Waals surface area contributed by atoms with E-state index in [2.05, 4.69) is 144 Å². The van der Waals surface area contributed by atoms with Crippen LogP contribution in [0.25, 0.3) is 127 Å². The Hall–Kier alpha value is -8.09. The number of fused-ring (bicyclic) bond motifs is 11. The number of furan rings is 2. The summed E-state index contributed by atoms with van der Waals surface area (Å²) in [5, 5.41) is 11.0. The maximum absolute atomic E-state index is 6.92. The molecule has 0 N–H and O–H groups in total. The summed E-state index contributed by atoms with van der Waals surface area (Å²) in [6.07, 6.45) is 0. The first-order valence-electron chi connectivity index (χ1n) is 19.8. The lowest BCUT2D eigenvalue weighted by atomic mass is 10.0. The zero-order chi connectivity index (χ0) is 38.6. The molecule has 274 valence electrons. The molecule has 0 spiro atoms. The summed E-state index contributed by atoms with van der Waals surface area (Å²) in [6, 6.07) is 63.2. The molecule has 13 rings (SSSR count). The van der Waals surface area contributed by atoms with Crippen molar-refractivity contribution in [3.63, 3.8) is 0 Å². The number of hydrogen-bond acceptors (Lipinski definition) is 5. The van der Waals surface area contributed by atoms with E-state index in [0.717, 1.165) is 82.5 Å². The van der Waals surface area contributed by atoms with Crippen LogP contribution in [0.15, 0.2) is 191 Å². The number of para-hydroxylation sites is 3. The second-order valence-corrected chi connectivity index (χ2v) is 15.1. The number of aromatic nitrogens is 4. The Morgan fingerprint density at radius 3 is 1.71 bits per heavy atom. The van der Waals surface area contributed by atoms with Gasteiger partial charge in [0.05, 0.1) is 27.7 Å². The van der Waals surface area contributed by atoms with Crippen LogP contribution in [0, 0.1) is 0 Å². The molecule has 4 aromatic heterocycles. The van der Waals surface area contributed by atoms with Gasteiger partial charge in [-0.1, -0.05) is 133 Å². The minimum absolute atomic E-state index is 0.520. The van der Waals surface area contributed by atoms with Gasteiger partial charge in [-0.2, -0.15) is 0 Å². The van der Waals surface area contributed by atoms with Crippen LogP contribution in [-0.2, 0) is 0 Å². The van der Waals surface area contributed by atoms with Gasteiger partial charge >= 0.3 is 0 Å². The molecule has 0 aliphatic carbocycles. The summed E-state index contributed by atoms with van der Waals surface area (Å²) < 4.78 is 15.6. The second-order valence-electron chi connectivity index (χ2n) is 15.1. The molecule has 0 aliphatic heterocycles. The van der Waals surface area contributed by atoms with Gasteiger partial charge in [-0.3, -0.25) is 0 Å². The van der Waals surface area contributed by atoms with Gasteiger partial charge in [-0.25, -0.2) is 15.0 Å². The summed E-state index contributed by atoms with van der Waals surface area (Å²) >= 11 is 0. The Kier molecular flexibility index (Phi) is 6.63. The molecule has 0 unspecified atom stereocenters. The molecular weight excluding hydrogens is 725 g/mol. The Morgan fingerprint density at radius 2 is 0.898 bits per heavy atom. The molecule has 9 aromatic carbocycles. The van der Waals surface area contributed by atoms with Crippen molar-refractivity contribution in [3.05, 3.63) is 182 Å². The summed E-state index contributed by atoms with van der Waals surface area (Å²) in [5.74, 6) is 1.65. The van der Waals surface area contributed by atoms with Crippen molar-refractivity contribution in [3.8, 4) is 39.9 Å². The molecular formula is C53H30N4O2. The average molecular weight is 755 g/mol. The van der Waals surface area contributed by atoms with E-state index in [9.17, 15) is 0 Å². The molecule has 0 fully saturated rings. The topological polar surface area (TPSA) is 69.9 Å². The predicted molar refractivity (Wildman–Crippen MR) is 240 cm³/mol. The van der Waals surface area contributed by atoms with Crippen LogP contribution in [0.4, 0.5) is 0 Å². The predicted octanol–water partition coefficient (Wildman–Crippen LogP) is 14.1. The Labute approximate surface area is 336 Å². The zero-order valence-electron chi connectivity index (χ0n) is 31.4. The fraction of sp³-hybridized carbons (Fsp3) is 0. The normalized spacial score (nSPS) is 12.1. The third-order valence-corrected chi connectivity index (χ3v) is 11.8. The highest BCUT2D eigenvalue weighted by atomic mass is 16.3. The van der Waals surface area contributed by atoms with E-state index in [0.29, 0.717) is 23.1 Å². The van der Waals surface area contributed by atoms with E-state index < -0.39 is 0 Å². The van der Waals surface area contributed by atoms with Crippen LogP contribution < -0.4 is 0 Å². The van der Waals surface area contributed by atoms with E-state index in [4.69, 9.17) is 23.8 Å². The van der Waals surface area contributed by atoms with Crippen molar-refractivity contribution in [1.29, 1.82) is 0 Å². The summed E-state index contributed by atoms with van der Waals surface area (Å²) in [5.41, 5.74) is 8.94. The Morgan fingerprint density at radius 1 is 0.339 bits per heavy atom. The van der Waals surface area contributed by atoms with Crippen LogP contribution in [0.2, 0.25) is 0 Å². The van der Waals surface area contributed by atoms with Gasteiger partial charge in [0.1, 0.15) is 22.3 Å². The van der Waals surface area contributed by atoms with E-state index in [1.807, 2.05) is 42.5 Å². The molecule has 0 bridgehead atoms. The SMILES string of the molecule is c1ccc2cc3c(cc2c1)c1ccccc1n3-c1ccc(-c2nc(-c3cccc4ccccc34)nc(-c3cccc4oc5ccccc5c34)n2)c2oc3ccccc3c12. The van der Waals surface area contributed by atoms with Gasteiger partial charge in [0.15, 0.2) is 17.5 Å². The van der Waals surface area contributed by atoms with E-state index in [-0.39, 0.29) is 0 Å². The molecule has 6 heteroatoms. The van der Waals surface area contributed by atoms with Gasteiger partial charge in [0.25, 0.3) is 0 Å². The molecule has 0 amide bonds. The molecule has 4 heterocycles. The molecule has 0 saturated heterocycles. The van der Waals surface area contributed by atoms with Crippen LogP contribution in [0.5, 0.6) is 0 Å². The van der Waals surface area contributed by atoms with E-state index in [1.54, 1.807) is 0 Å². The summed E-state index contributed by atoms with van der Waals surface area (Å²) in [6.45, 7) is 0. The molecule has 0 aliphatic rings. The fourth-order valence-corrected chi connectivity index (χ4v) is 9.21. The first kappa shape index (κ1) is 32.0. The van der Waals surface area contributed by atoms with E-state index in [1.165, 1.54) is 21.5 Å². The lowest BCUT2D eigenvalue weighted by molar-refractivity contribution is 0.668. The Balaban J connectivity index is 1.13. The van der Waals surface area contributed by atoms with Crippen LogP contribution in [0.3, 0.4) is 0 Å². The maximum Gasteiger partial charge on any atom is 0.167 e. The first-order chi connectivity index (χ1) is 29.2. The van der Waals surface area contributed by atoms with Crippen LogP contribution in [0.1, 0.15) is 0 Å². The van der Waals surface area contributed by atoms with Gasteiger partial charge in [0, 0.05) is 38.1 Å². The first-order valence-corrected chi connectivity index (χ1v) is 19.8. The van der Waals surface area contributed by atoms with Gasteiger partial charge < -0.3 is 13.4 Å². The minimum atomic E-state index is 0.520. The lowest BCUT2D eigenvalue weighted by Gasteiger charge is -2.13. The monoisotopic (exact) mass is 754 g/mol. The summed E-state index contributed by atoms with van der Waals surface area (Å²) in [4.78, 5) is 15.9. The van der Waals surface area contributed by atoms with E-state index >= 15 is 0 Å². The molecule has 0 saturated carbocycles. The van der Waals surface area contributed by atoms with Gasteiger partial charge in [-0.05, 0) is 70.1 Å². The molecule has 13 aromatic rings. The summed E-state index contributed by atoms with van der Waals surface area (Å²) in [7, 11) is 0. The quantitative estimate of drug-likeness (QED) is 0.179. The molecule has 59 heavy (non-hydrogen) atoms. The second kappa shape index (κ2) is 12.2. The highest BCUT2D eigenvalue weighted by Gasteiger charge is 2.24. The number of nitrogens with zero attached hydrogens (tertiary/aromatic N) is 4. The highest BCUT2D eigenvalue weighted by Crippen LogP contribution is 2.44. The average Bonchev–Trinajstić information content (AvgIpc) is 3.97. The number of hydrogen-bond donors (Lipinski definition) is 0. The number of benzene rings is 9. The zero-order valence-corrected chi connectivity index (χ0v) is 31.4. The van der Waals surface area contributed by atoms with Crippen molar-refractivity contribution >= 4 is 87.2 Å². The number of rotatable bonds is 4. The Bertz CT molecular complexity index is 3870. The standard InChI is InChI=1S/C53H30N4O2/c1-2-15-33-30-44-41(29-32(33)14-1)35-18-5-8-23-42(35)57(44)43-28-27-40(50-49(43)38-20-7-10-25-46(38)59-50)53-55-51(36-21-11-16-31-13-3-4-17-34(31)36)54-52(56-53)39-22-12-26-47-48(39)37-19-6-9-24-45(37)58-47/h1-30H. The largest absolute Gasteiger partial charge is 0.456 e.